The lowest BCUT2D eigenvalue weighted by Crippen LogP contribution is -2.21. The number of benzene rings is 2. The van der Waals surface area contributed by atoms with Gasteiger partial charge in [0.05, 0.1) is 5.69 Å². The SMILES string of the molecule is Cl.NS(=O)(=O)Nc1cccc(-c2cc(=O)[nH]c3ccccc23)c1. The molecule has 6 nitrogen and oxygen atoms in total. The summed E-state index contributed by atoms with van der Waals surface area (Å²) in [6.07, 6.45) is 0. The van der Waals surface area contributed by atoms with Crippen LogP contribution in [0.1, 0.15) is 0 Å². The number of aromatic amines is 1. The summed E-state index contributed by atoms with van der Waals surface area (Å²) in [5.41, 5.74) is 2.27. The zero-order chi connectivity index (χ0) is 15.7. The van der Waals surface area contributed by atoms with E-state index in [2.05, 4.69) is 9.71 Å². The van der Waals surface area contributed by atoms with Gasteiger partial charge >= 0.3 is 0 Å². The third-order valence-corrected chi connectivity index (χ3v) is 3.70. The molecule has 1 aromatic heterocycles. The maximum Gasteiger partial charge on any atom is 0.296 e. The highest BCUT2D eigenvalue weighted by Crippen LogP contribution is 2.28. The largest absolute Gasteiger partial charge is 0.322 e. The third kappa shape index (κ3) is 3.89. The summed E-state index contributed by atoms with van der Waals surface area (Å²) < 4.78 is 24.5. The second kappa shape index (κ2) is 6.41. The van der Waals surface area contributed by atoms with Crippen molar-refractivity contribution in [1.82, 2.24) is 4.98 Å². The van der Waals surface area contributed by atoms with Crippen molar-refractivity contribution in [3.8, 4) is 11.1 Å². The molecule has 120 valence electrons. The van der Waals surface area contributed by atoms with Crippen LogP contribution in [-0.4, -0.2) is 13.4 Å². The predicted molar refractivity (Wildman–Crippen MR) is 94.0 cm³/mol. The molecule has 0 amide bonds. The standard InChI is InChI=1S/C15H13N3O3S.ClH/c16-22(20,21)18-11-5-3-4-10(8-11)13-9-15(19)17-14-7-2-1-6-12(13)14;/h1-9,18H,(H,17,19)(H2,16,20,21);1H. The average molecular weight is 352 g/mol. The molecule has 23 heavy (non-hydrogen) atoms. The molecule has 4 N–H and O–H groups in total. The van der Waals surface area contributed by atoms with E-state index in [1.807, 2.05) is 24.3 Å². The Hall–Kier alpha value is -2.35. The van der Waals surface area contributed by atoms with Crippen LogP contribution >= 0.6 is 12.4 Å². The number of para-hydroxylation sites is 1. The number of nitrogens with two attached hydrogens (primary N) is 1. The predicted octanol–water partition coefficient (Wildman–Crippen LogP) is 2.23. The maximum absolute atomic E-state index is 11.8. The molecular formula is C15H14ClN3O3S. The highest BCUT2D eigenvalue weighted by Gasteiger charge is 2.08. The molecule has 1 heterocycles. The molecule has 0 aliphatic rings. The second-order valence-electron chi connectivity index (χ2n) is 4.82. The van der Waals surface area contributed by atoms with Gasteiger partial charge in [-0.15, -0.1) is 12.4 Å². The average Bonchev–Trinajstić information content (AvgIpc) is 2.45. The maximum atomic E-state index is 11.8. The van der Waals surface area contributed by atoms with E-state index in [1.165, 1.54) is 6.07 Å². The fourth-order valence-corrected chi connectivity index (χ4v) is 2.81. The first-order valence-corrected chi connectivity index (χ1v) is 8.00. The van der Waals surface area contributed by atoms with Crippen molar-refractivity contribution in [2.75, 3.05) is 4.72 Å². The number of hydrogen-bond donors (Lipinski definition) is 3. The molecule has 2 aromatic carbocycles. The zero-order valence-electron chi connectivity index (χ0n) is 11.8. The highest BCUT2D eigenvalue weighted by molar-refractivity contribution is 7.90. The van der Waals surface area contributed by atoms with Gasteiger partial charge in [-0.05, 0) is 29.3 Å². The Morgan fingerprint density at radius 1 is 1.00 bits per heavy atom. The molecule has 0 bridgehead atoms. The third-order valence-electron chi connectivity index (χ3n) is 3.18. The molecule has 3 rings (SSSR count). The van der Waals surface area contributed by atoms with Gasteiger partial charge in [-0.25, -0.2) is 5.14 Å². The van der Waals surface area contributed by atoms with Crippen molar-refractivity contribution in [3.63, 3.8) is 0 Å². The first-order valence-electron chi connectivity index (χ1n) is 6.45. The lowest BCUT2D eigenvalue weighted by Gasteiger charge is -2.09. The highest BCUT2D eigenvalue weighted by atomic mass is 35.5. The number of H-pyrrole nitrogens is 1. The molecule has 0 atom stereocenters. The molecule has 0 saturated heterocycles. The fraction of sp³-hybridized carbons (Fsp3) is 0. The van der Waals surface area contributed by atoms with Crippen LogP contribution in [0.15, 0.2) is 59.4 Å². The summed E-state index contributed by atoms with van der Waals surface area (Å²) in [6, 6.07) is 15.6. The van der Waals surface area contributed by atoms with Gasteiger partial charge in [0.25, 0.3) is 10.2 Å². The summed E-state index contributed by atoms with van der Waals surface area (Å²) >= 11 is 0. The Morgan fingerprint density at radius 3 is 2.48 bits per heavy atom. The van der Waals surface area contributed by atoms with Crippen LogP contribution in [0.25, 0.3) is 22.0 Å². The molecule has 3 aromatic rings. The minimum Gasteiger partial charge on any atom is -0.322 e. The number of aromatic nitrogens is 1. The molecule has 0 aliphatic carbocycles. The van der Waals surface area contributed by atoms with E-state index < -0.39 is 10.2 Å². The van der Waals surface area contributed by atoms with Crippen LogP contribution in [-0.2, 0) is 10.2 Å². The van der Waals surface area contributed by atoms with Crippen LogP contribution in [0.3, 0.4) is 0 Å². The van der Waals surface area contributed by atoms with Gasteiger partial charge < -0.3 is 4.98 Å². The number of halogens is 1. The Kier molecular flexibility index (Phi) is 4.74. The van der Waals surface area contributed by atoms with Crippen LogP contribution in [0.4, 0.5) is 5.69 Å². The van der Waals surface area contributed by atoms with Crippen molar-refractivity contribution in [2.45, 2.75) is 0 Å². The van der Waals surface area contributed by atoms with Gasteiger partial charge in [0.1, 0.15) is 0 Å². The van der Waals surface area contributed by atoms with Crippen LogP contribution < -0.4 is 15.4 Å². The van der Waals surface area contributed by atoms with Gasteiger partial charge in [0, 0.05) is 17.0 Å². The van der Waals surface area contributed by atoms with Crippen molar-refractivity contribution in [3.05, 3.63) is 65.0 Å². The van der Waals surface area contributed by atoms with Crippen LogP contribution in [0.5, 0.6) is 0 Å². The Labute approximate surface area is 138 Å². The molecule has 8 heteroatoms. The molecule has 0 spiro atoms. The normalized spacial score (nSPS) is 11.0. The first-order chi connectivity index (χ1) is 10.4. The summed E-state index contributed by atoms with van der Waals surface area (Å²) in [5.74, 6) is 0. The number of fused-ring (bicyclic) bond motifs is 1. The summed E-state index contributed by atoms with van der Waals surface area (Å²) in [6.45, 7) is 0. The number of pyridine rings is 1. The number of anilines is 1. The quantitative estimate of drug-likeness (QED) is 0.673. The number of nitrogens with one attached hydrogen (secondary N) is 2. The molecular weight excluding hydrogens is 338 g/mol. The van der Waals surface area contributed by atoms with Gasteiger partial charge in [0.15, 0.2) is 0 Å². The Morgan fingerprint density at radius 2 is 1.74 bits per heavy atom. The summed E-state index contributed by atoms with van der Waals surface area (Å²) in [4.78, 5) is 14.6. The van der Waals surface area contributed by atoms with Crippen LogP contribution in [0.2, 0.25) is 0 Å². The fourth-order valence-electron chi connectivity index (χ4n) is 2.36. The molecule has 0 unspecified atom stereocenters. The van der Waals surface area contributed by atoms with Crippen molar-refractivity contribution < 1.29 is 8.42 Å². The lowest BCUT2D eigenvalue weighted by atomic mass is 10.0. The Balaban J connectivity index is 0.00000192. The van der Waals surface area contributed by atoms with Crippen molar-refractivity contribution in [2.24, 2.45) is 5.14 Å². The summed E-state index contributed by atoms with van der Waals surface area (Å²) in [7, 11) is -3.84. The van der Waals surface area contributed by atoms with Crippen LogP contribution in [0, 0.1) is 0 Å². The molecule has 0 saturated carbocycles. The first kappa shape index (κ1) is 17.0. The number of rotatable bonds is 3. The minimum atomic E-state index is -3.84. The van der Waals surface area contributed by atoms with E-state index in [0.717, 1.165) is 22.0 Å². The van der Waals surface area contributed by atoms with Gasteiger partial charge in [-0.2, -0.15) is 8.42 Å². The van der Waals surface area contributed by atoms with Gasteiger partial charge in [-0.1, -0.05) is 30.3 Å². The van der Waals surface area contributed by atoms with E-state index >= 15 is 0 Å². The van der Waals surface area contributed by atoms with Gasteiger partial charge in [-0.3, -0.25) is 9.52 Å². The van der Waals surface area contributed by atoms with Gasteiger partial charge in [0.2, 0.25) is 5.56 Å². The number of hydrogen-bond acceptors (Lipinski definition) is 3. The lowest BCUT2D eigenvalue weighted by molar-refractivity contribution is 0.603. The van der Waals surface area contributed by atoms with E-state index in [4.69, 9.17) is 5.14 Å². The van der Waals surface area contributed by atoms with Crippen molar-refractivity contribution in [1.29, 1.82) is 0 Å². The van der Waals surface area contributed by atoms with E-state index in [-0.39, 0.29) is 18.0 Å². The minimum absolute atomic E-state index is 0. The second-order valence-corrected chi connectivity index (χ2v) is 6.11. The van der Waals surface area contributed by atoms with E-state index in [0.29, 0.717) is 5.69 Å². The molecule has 0 aliphatic heterocycles. The topological polar surface area (TPSA) is 105 Å². The Bertz CT molecular complexity index is 1020. The zero-order valence-corrected chi connectivity index (χ0v) is 13.4. The summed E-state index contributed by atoms with van der Waals surface area (Å²) in [5, 5.41) is 5.85. The molecule has 0 fully saturated rings. The smallest absolute Gasteiger partial charge is 0.296 e. The monoisotopic (exact) mass is 351 g/mol. The van der Waals surface area contributed by atoms with Crippen molar-refractivity contribution >= 4 is 39.2 Å². The van der Waals surface area contributed by atoms with E-state index in [1.54, 1.807) is 24.3 Å². The van der Waals surface area contributed by atoms with E-state index in [9.17, 15) is 13.2 Å². The molecule has 0 radical (unpaired) electrons.